The third-order valence-corrected chi connectivity index (χ3v) is 4.79. The number of rotatable bonds is 7. The van der Waals surface area contributed by atoms with E-state index in [9.17, 15) is 5.26 Å². The molecule has 0 aliphatic heterocycles. The first-order chi connectivity index (χ1) is 13.9. The third-order valence-electron chi connectivity index (χ3n) is 4.79. The summed E-state index contributed by atoms with van der Waals surface area (Å²) in [6, 6.07) is 8.05. The van der Waals surface area contributed by atoms with Crippen molar-refractivity contribution in [3.63, 3.8) is 0 Å². The van der Waals surface area contributed by atoms with Crippen molar-refractivity contribution in [2.24, 2.45) is 0 Å². The van der Waals surface area contributed by atoms with Crippen LogP contribution in [0.5, 0.6) is 0 Å². The van der Waals surface area contributed by atoms with E-state index in [1.54, 1.807) is 0 Å². The zero-order chi connectivity index (χ0) is 21.4. The van der Waals surface area contributed by atoms with E-state index in [-0.39, 0.29) is 0 Å². The van der Waals surface area contributed by atoms with Crippen molar-refractivity contribution in [1.82, 2.24) is 15.1 Å². The Hall–Kier alpha value is -2.97. The minimum absolute atomic E-state index is 0.587. The van der Waals surface area contributed by atoms with Crippen molar-refractivity contribution in [2.75, 3.05) is 19.4 Å². The average Bonchev–Trinajstić information content (AvgIpc) is 2.68. The minimum atomic E-state index is 0.587. The van der Waals surface area contributed by atoms with Gasteiger partial charge in [0.15, 0.2) is 5.82 Å². The van der Waals surface area contributed by atoms with Crippen molar-refractivity contribution in [3.05, 3.63) is 62.7 Å². The van der Waals surface area contributed by atoms with E-state index in [1.165, 1.54) is 5.57 Å². The minimum Gasteiger partial charge on any atom is -0.364 e. The lowest BCUT2D eigenvalue weighted by atomic mass is 10.0. The highest BCUT2D eigenvalue weighted by molar-refractivity contribution is 5.54. The molecule has 2 aromatic rings. The smallest absolute Gasteiger partial charge is 0.156 e. The van der Waals surface area contributed by atoms with Gasteiger partial charge in [-0.3, -0.25) is 0 Å². The Morgan fingerprint density at radius 3 is 2.62 bits per heavy atom. The molecule has 0 radical (unpaired) electrons. The second-order valence-electron chi connectivity index (χ2n) is 7.40. The molecule has 0 unspecified atom stereocenters. The molecule has 5 heteroatoms. The van der Waals surface area contributed by atoms with E-state index < -0.39 is 0 Å². The molecule has 1 aromatic carbocycles. The van der Waals surface area contributed by atoms with Gasteiger partial charge in [0.2, 0.25) is 0 Å². The molecule has 0 aliphatic rings. The van der Waals surface area contributed by atoms with Crippen LogP contribution in [0.1, 0.15) is 49.6 Å². The zero-order valence-electron chi connectivity index (χ0n) is 18.4. The summed E-state index contributed by atoms with van der Waals surface area (Å²) in [7, 11) is 4.06. The fraction of sp³-hybridized carbons (Fsp3) is 0.375. The van der Waals surface area contributed by atoms with Gasteiger partial charge >= 0.3 is 0 Å². The summed E-state index contributed by atoms with van der Waals surface area (Å²) in [5.41, 5.74) is 4.94. The Morgan fingerprint density at radius 2 is 2.00 bits per heavy atom. The summed E-state index contributed by atoms with van der Waals surface area (Å²) < 4.78 is 0. The Kier molecular flexibility index (Phi) is 8.11. The number of hydrogen-bond donors (Lipinski definition) is 1. The first kappa shape index (κ1) is 22.3. The van der Waals surface area contributed by atoms with E-state index in [0.717, 1.165) is 46.0 Å². The van der Waals surface area contributed by atoms with Gasteiger partial charge in [-0.25, -0.2) is 0 Å². The molecule has 0 atom stereocenters. The predicted molar refractivity (Wildman–Crippen MR) is 121 cm³/mol. The summed E-state index contributed by atoms with van der Waals surface area (Å²) in [4.78, 5) is 2.10. The lowest BCUT2D eigenvalue weighted by Gasteiger charge is -2.13. The lowest BCUT2D eigenvalue weighted by Crippen LogP contribution is -2.36. The average molecular weight is 390 g/mol. The summed E-state index contributed by atoms with van der Waals surface area (Å²) in [6.07, 6.45) is 7.47. The molecule has 0 saturated carbocycles. The van der Waals surface area contributed by atoms with Gasteiger partial charge in [-0.1, -0.05) is 36.8 Å². The molecule has 0 bridgehead atoms. The first-order valence-electron chi connectivity index (χ1n) is 9.98. The summed E-state index contributed by atoms with van der Waals surface area (Å²) >= 11 is 0. The molecule has 1 aromatic heterocycles. The number of allylic oxidation sites excluding steroid dienone is 2. The molecule has 0 saturated heterocycles. The SMILES string of the molecule is C/C=c1/c(CN(C)C)nnc(NCc2cccc(C#N)c2C)/c1=C/C(C)=C/CC. The quantitative estimate of drug-likeness (QED) is 0.787. The van der Waals surface area contributed by atoms with Crippen molar-refractivity contribution in [1.29, 1.82) is 5.26 Å². The Balaban J connectivity index is 2.54. The molecule has 0 aliphatic carbocycles. The number of nitriles is 1. The van der Waals surface area contributed by atoms with Crippen molar-refractivity contribution < 1.29 is 0 Å². The van der Waals surface area contributed by atoms with E-state index >= 15 is 0 Å². The maximum Gasteiger partial charge on any atom is 0.156 e. The second-order valence-corrected chi connectivity index (χ2v) is 7.40. The standard InChI is InChI=1S/C24H31N5/c1-7-10-17(3)13-22-21(8-2)23(16-29(5)6)27-28-24(22)26-15-20-12-9-11-19(14-25)18(20)4/h8-13H,7,15-16H2,1-6H3,(H,26,28)/b17-10+,21-8+,22-13+. The predicted octanol–water partition coefficient (Wildman–Crippen LogP) is 3.27. The van der Waals surface area contributed by atoms with Crippen LogP contribution in [0.2, 0.25) is 0 Å². The van der Waals surface area contributed by atoms with Gasteiger partial charge in [-0.05, 0) is 64.6 Å². The summed E-state index contributed by atoms with van der Waals surface area (Å²) in [6.45, 7) is 9.58. The fourth-order valence-electron chi connectivity index (χ4n) is 3.30. The van der Waals surface area contributed by atoms with Crippen molar-refractivity contribution in [3.8, 4) is 6.07 Å². The maximum absolute atomic E-state index is 9.28. The van der Waals surface area contributed by atoms with Gasteiger partial charge in [-0.2, -0.15) is 10.4 Å². The van der Waals surface area contributed by atoms with Crippen LogP contribution in [0.3, 0.4) is 0 Å². The van der Waals surface area contributed by atoms with Crippen LogP contribution in [0.25, 0.3) is 12.2 Å². The molecule has 0 spiro atoms. The third kappa shape index (κ3) is 5.75. The molecule has 152 valence electrons. The highest BCUT2D eigenvalue weighted by Gasteiger charge is 2.09. The van der Waals surface area contributed by atoms with Crippen molar-refractivity contribution >= 4 is 18.0 Å². The molecule has 29 heavy (non-hydrogen) atoms. The van der Waals surface area contributed by atoms with Crippen LogP contribution < -0.4 is 15.8 Å². The lowest BCUT2D eigenvalue weighted by molar-refractivity contribution is 0.393. The zero-order valence-corrected chi connectivity index (χ0v) is 18.4. The highest BCUT2D eigenvalue weighted by atomic mass is 15.2. The van der Waals surface area contributed by atoms with Crippen molar-refractivity contribution in [2.45, 2.75) is 47.2 Å². The van der Waals surface area contributed by atoms with Crippen LogP contribution >= 0.6 is 0 Å². The maximum atomic E-state index is 9.28. The van der Waals surface area contributed by atoms with Crippen LogP contribution in [0.15, 0.2) is 29.8 Å². The topological polar surface area (TPSA) is 64.8 Å². The van der Waals surface area contributed by atoms with Gasteiger partial charge in [0, 0.05) is 23.5 Å². The molecule has 5 nitrogen and oxygen atoms in total. The summed E-state index contributed by atoms with van der Waals surface area (Å²) in [5.74, 6) is 0.756. The van der Waals surface area contributed by atoms with Crippen LogP contribution in [0, 0.1) is 18.3 Å². The Labute approximate surface area is 174 Å². The van der Waals surface area contributed by atoms with Crippen LogP contribution in [0.4, 0.5) is 5.82 Å². The van der Waals surface area contributed by atoms with E-state index in [4.69, 9.17) is 0 Å². The molecule has 1 heterocycles. The number of nitrogens with zero attached hydrogens (tertiary/aromatic N) is 4. The van der Waals surface area contributed by atoms with Gasteiger partial charge < -0.3 is 10.2 Å². The van der Waals surface area contributed by atoms with Gasteiger partial charge in [0.1, 0.15) is 0 Å². The normalized spacial score (nSPS) is 13.1. The number of benzene rings is 1. The van der Waals surface area contributed by atoms with Crippen LogP contribution in [-0.4, -0.2) is 29.2 Å². The summed E-state index contributed by atoms with van der Waals surface area (Å²) in [5, 5.41) is 23.9. The van der Waals surface area contributed by atoms with E-state index in [0.29, 0.717) is 12.1 Å². The highest BCUT2D eigenvalue weighted by Crippen LogP contribution is 2.13. The first-order valence-corrected chi connectivity index (χ1v) is 9.98. The van der Waals surface area contributed by atoms with Gasteiger partial charge in [0.25, 0.3) is 0 Å². The largest absolute Gasteiger partial charge is 0.364 e. The van der Waals surface area contributed by atoms with Gasteiger partial charge in [-0.15, -0.1) is 5.10 Å². The number of aromatic nitrogens is 2. The molecule has 0 amide bonds. The Bertz CT molecular complexity index is 1040. The molecule has 1 N–H and O–H groups in total. The number of hydrogen-bond acceptors (Lipinski definition) is 5. The Morgan fingerprint density at radius 1 is 1.24 bits per heavy atom. The second kappa shape index (κ2) is 10.5. The molecular weight excluding hydrogens is 358 g/mol. The van der Waals surface area contributed by atoms with E-state index in [1.807, 2.05) is 46.1 Å². The molecular formula is C24H31N5. The molecule has 0 fully saturated rings. The monoisotopic (exact) mass is 389 g/mol. The number of nitrogens with one attached hydrogen (secondary N) is 1. The fourth-order valence-corrected chi connectivity index (χ4v) is 3.30. The van der Waals surface area contributed by atoms with Crippen LogP contribution in [-0.2, 0) is 13.1 Å². The van der Waals surface area contributed by atoms with Gasteiger partial charge in [0.05, 0.1) is 17.3 Å². The van der Waals surface area contributed by atoms with E-state index in [2.05, 4.69) is 58.6 Å². The number of anilines is 1. The molecule has 2 rings (SSSR count).